The normalized spacial score (nSPS) is 32.1. The molecule has 5 rings (SSSR count). The van der Waals surface area contributed by atoms with Crippen molar-refractivity contribution < 1.29 is 29.0 Å². The van der Waals surface area contributed by atoms with Crippen LogP contribution in [0, 0.1) is 11.8 Å². The van der Waals surface area contributed by atoms with Gasteiger partial charge in [0, 0.05) is 30.4 Å². The monoisotopic (exact) mass is 528 g/mol. The third kappa shape index (κ3) is 4.71. The van der Waals surface area contributed by atoms with Crippen molar-refractivity contribution in [2.24, 2.45) is 11.8 Å². The van der Waals surface area contributed by atoms with E-state index in [9.17, 15) is 14.4 Å². The predicted molar refractivity (Wildman–Crippen MR) is 138 cm³/mol. The fourth-order valence-corrected chi connectivity index (χ4v) is 6.22. The van der Waals surface area contributed by atoms with Crippen molar-refractivity contribution in [2.75, 3.05) is 31.2 Å². The number of anilines is 1. The molecule has 8 nitrogen and oxygen atoms in total. The summed E-state index contributed by atoms with van der Waals surface area (Å²) in [6.07, 6.45) is 11.4. The number of rotatable bonds is 7. The van der Waals surface area contributed by atoms with E-state index in [1.165, 1.54) is 0 Å². The Hall–Kier alpha value is -2.68. The van der Waals surface area contributed by atoms with Crippen LogP contribution in [0.1, 0.15) is 38.5 Å². The molecular weight excluding hydrogens is 496 g/mol. The third-order valence-corrected chi connectivity index (χ3v) is 8.05. The zero-order valence-electron chi connectivity index (χ0n) is 20.8. The Bertz CT molecular complexity index is 1090. The van der Waals surface area contributed by atoms with Crippen LogP contribution >= 0.6 is 11.6 Å². The number of amides is 2. The molecule has 4 aliphatic heterocycles. The molecule has 1 spiro atoms. The average molecular weight is 529 g/mol. The van der Waals surface area contributed by atoms with Crippen LogP contribution in [0.3, 0.4) is 0 Å². The van der Waals surface area contributed by atoms with Gasteiger partial charge >= 0.3 is 5.97 Å². The van der Waals surface area contributed by atoms with Crippen LogP contribution < -0.4 is 4.90 Å². The Morgan fingerprint density at radius 3 is 2.59 bits per heavy atom. The van der Waals surface area contributed by atoms with Gasteiger partial charge in [0.15, 0.2) is 0 Å². The molecule has 0 radical (unpaired) electrons. The lowest BCUT2D eigenvalue weighted by Crippen LogP contribution is -2.55. The van der Waals surface area contributed by atoms with E-state index in [1.54, 1.807) is 34.1 Å². The van der Waals surface area contributed by atoms with Crippen LogP contribution in [0.25, 0.3) is 0 Å². The molecule has 1 aromatic rings. The van der Waals surface area contributed by atoms with Gasteiger partial charge in [-0.25, -0.2) is 0 Å². The number of aliphatic hydroxyl groups is 1. The molecule has 0 bridgehead atoms. The average Bonchev–Trinajstić information content (AvgIpc) is 3.29. The van der Waals surface area contributed by atoms with Crippen LogP contribution in [-0.2, 0) is 23.9 Å². The highest BCUT2D eigenvalue weighted by Gasteiger charge is 2.71. The number of aliphatic hydroxyl groups excluding tert-OH is 1. The molecule has 2 saturated heterocycles. The summed E-state index contributed by atoms with van der Waals surface area (Å²) in [7, 11) is 0. The zero-order chi connectivity index (χ0) is 26.0. The van der Waals surface area contributed by atoms with Crippen LogP contribution in [0.5, 0.6) is 0 Å². The fourth-order valence-electron chi connectivity index (χ4n) is 6.09. The first-order valence-electron chi connectivity index (χ1n) is 13.1. The molecule has 5 atom stereocenters. The number of halogens is 1. The minimum absolute atomic E-state index is 0.127. The van der Waals surface area contributed by atoms with E-state index < -0.39 is 35.6 Å². The standard InChI is InChI=1S/C28H33ClN2O6/c29-19-10-12-20(13-11-19)30-16-8-14-28-23(22-21(37-28)9-4-3-7-18-36-27(22)35)25(33)31(24(28)26(30)34)15-5-1-2-6-17-32/h4,8-14,21-24,32H,1-3,5-7,15-18H2/b9-4-/t21-,22+,23-,24?,28-/m0/s1. The largest absolute Gasteiger partial charge is 0.465 e. The number of likely N-dealkylation sites (tertiary alicyclic amines) is 1. The zero-order valence-corrected chi connectivity index (χ0v) is 21.5. The number of benzene rings is 1. The molecule has 0 aromatic heterocycles. The number of ether oxygens (including phenoxy) is 2. The summed E-state index contributed by atoms with van der Waals surface area (Å²) in [5.41, 5.74) is -0.590. The van der Waals surface area contributed by atoms with E-state index in [-0.39, 0.29) is 25.0 Å². The predicted octanol–water partition coefficient (Wildman–Crippen LogP) is 3.27. The smallest absolute Gasteiger partial charge is 0.312 e. The Morgan fingerprint density at radius 2 is 1.81 bits per heavy atom. The van der Waals surface area contributed by atoms with Gasteiger partial charge in [0.2, 0.25) is 5.91 Å². The Kier molecular flexibility index (Phi) is 7.70. The molecule has 198 valence electrons. The molecule has 37 heavy (non-hydrogen) atoms. The molecule has 1 N–H and O–H groups in total. The van der Waals surface area contributed by atoms with Crippen molar-refractivity contribution >= 4 is 35.1 Å². The summed E-state index contributed by atoms with van der Waals surface area (Å²) >= 11 is 6.08. The van der Waals surface area contributed by atoms with Gasteiger partial charge in [-0.05, 0) is 49.9 Å². The molecule has 9 heteroatoms. The third-order valence-electron chi connectivity index (χ3n) is 7.80. The Balaban J connectivity index is 1.53. The van der Waals surface area contributed by atoms with Crippen molar-refractivity contribution in [3.8, 4) is 0 Å². The van der Waals surface area contributed by atoms with Gasteiger partial charge in [-0.1, -0.05) is 48.7 Å². The highest BCUT2D eigenvalue weighted by Crippen LogP contribution is 2.53. The van der Waals surface area contributed by atoms with E-state index >= 15 is 0 Å². The number of fused-ring (bicyclic) bond motifs is 2. The number of unbranched alkanes of at least 4 members (excludes halogenated alkanes) is 3. The van der Waals surface area contributed by atoms with Gasteiger partial charge in [0.05, 0.1) is 18.6 Å². The van der Waals surface area contributed by atoms with Crippen molar-refractivity contribution in [1.29, 1.82) is 0 Å². The highest BCUT2D eigenvalue weighted by atomic mass is 35.5. The number of esters is 1. The number of cyclic esters (lactones) is 1. The first kappa shape index (κ1) is 25.9. The van der Waals surface area contributed by atoms with E-state index in [0.29, 0.717) is 43.1 Å². The molecule has 4 heterocycles. The Morgan fingerprint density at radius 1 is 1.03 bits per heavy atom. The molecule has 0 aliphatic carbocycles. The molecule has 1 aromatic carbocycles. The fraction of sp³-hybridized carbons (Fsp3) is 0.536. The van der Waals surface area contributed by atoms with Gasteiger partial charge in [-0.15, -0.1) is 0 Å². The minimum atomic E-state index is -1.27. The number of nitrogens with zero attached hydrogens (tertiary/aromatic N) is 2. The lowest BCUT2D eigenvalue weighted by atomic mass is 9.78. The van der Waals surface area contributed by atoms with E-state index in [2.05, 4.69) is 0 Å². The Labute approximate surface area is 221 Å². The van der Waals surface area contributed by atoms with Crippen LogP contribution in [0.2, 0.25) is 5.02 Å². The number of carbonyl (C=O) groups excluding carboxylic acids is 3. The van der Waals surface area contributed by atoms with Gasteiger partial charge in [-0.3, -0.25) is 14.4 Å². The second kappa shape index (κ2) is 11.0. The van der Waals surface area contributed by atoms with Crippen LogP contribution in [0.4, 0.5) is 5.69 Å². The lowest BCUT2D eigenvalue weighted by molar-refractivity contribution is -0.154. The molecule has 0 saturated carbocycles. The number of hydrogen-bond acceptors (Lipinski definition) is 6. The highest BCUT2D eigenvalue weighted by molar-refractivity contribution is 6.30. The molecule has 2 amide bonds. The van der Waals surface area contributed by atoms with Crippen LogP contribution in [-0.4, -0.2) is 71.8 Å². The summed E-state index contributed by atoms with van der Waals surface area (Å²) in [5, 5.41) is 9.67. The summed E-state index contributed by atoms with van der Waals surface area (Å²) in [5.74, 6) is -2.61. The van der Waals surface area contributed by atoms with Crippen molar-refractivity contribution in [2.45, 2.75) is 56.3 Å². The SMILES string of the molecule is O=C1OCCC/C=C\[C@@H]2O[C@]34C=CCN(c5ccc(Cl)cc5)C(=O)C3N(CCCCCCO)C(=O)[C@@H]4[C@H]12. The first-order chi connectivity index (χ1) is 18.0. The maximum absolute atomic E-state index is 14.2. The van der Waals surface area contributed by atoms with Crippen molar-refractivity contribution in [1.82, 2.24) is 4.90 Å². The number of carbonyl (C=O) groups is 3. The number of hydrogen-bond donors (Lipinski definition) is 1. The lowest BCUT2D eigenvalue weighted by Gasteiger charge is -2.35. The maximum Gasteiger partial charge on any atom is 0.312 e. The first-order valence-corrected chi connectivity index (χ1v) is 13.5. The van der Waals surface area contributed by atoms with Crippen LogP contribution in [0.15, 0.2) is 48.6 Å². The van der Waals surface area contributed by atoms with Crippen molar-refractivity contribution in [3.63, 3.8) is 0 Å². The van der Waals surface area contributed by atoms with E-state index in [4.69, 9.17) is 26.2 Å². The van der Waals surface area contributed by atoms with Gasteiger partial charge < -0.3 is 24.4 Å². The second-order valence-corrected chi connectivity index (χ2v) is 10.5. The second-order valence-electron chi connectivity index (χ2n) is 10.1. The maximum atomic E-state index is 14.2. The molecule has 2 fully saturated rings. The number of allylic oxidation sites excluding steroid dienone is 1. The summed E-state index contributed by atoms with van der Waals surface area (Å²) < 4.78 is 12.1. The van der Waals surface area contributed by atoms with E-state index in [0.717, 1.165) is 19.3 Å². The van der Waals surface area contributed by atoms with Gasteiger partial charge in [-0.2, -0.15) is 0 Å². The quantitative estimate of drug-likeness (QED) is 0.331. The van der Waals surface area contributed by atoms with Crippen molar-refractivity contribution in [3.05, 3.63) is 53.6 Å². The summed E-state index contributed by atoms with van der Waals surface area (Å²) in [4.78, 5) is 44.8. The minimum Gasteiger partial charge on any atom is -0.465 e. The summed E-state index contributed by atoms with van der Waals surface area (Å²) in [6, 6.07) is 6.12. The summed E-state index contributed by atoms with van der Waals surface area (Å²) in [6.45, 7) is 1.09. The molecular formula is C28H33ClN2O6. The van der Waals surface area contributed by atoms with E-state index in [1.807, 2.05) is 24.3 Å². The topological polar surface area (TPSA) is 96.4 Å². The van der Waals surface area contributed by atoms with Gasteiger partial charge in [0.25, 0.3) is 5.91 Å². The molecule has 4 aliphatic rings. The molecule has 1 unspecified atom stereocenters. The van der Waals surface area contributed by atoms with Gasteiger partial charge in [0.1, 0.15) is 17.6 Å².